The smallest absolute Gasteiger partial charge is 0.222 e. The number of nitrogens with zero attached hydrogens (tertiary/aromatic N) is 2. The Bertz CT molecular complexity index is 845. The molecule has 8 heteroatoms. The average Bonchev–Trinajstić information content (AvgIpc) is 3.08. The molecule has 0 aromatic rings. The van der Waals surface area contributed by atoms with Crippen LogP contribution in [0, 0.1) is 34.5 Å². The Morgan fingerprint density at radius 3 is 1.06 bits per heavy atom. The van der Waals surface area contributed by atoms with E-state index in [2.05, 4.69) is 23.8 Å². The predicted octanol–water partition coefficient (Wildman–Crippen LogP) is 11.9. The molecular formula is C40H72N4O4. The van der Waals surface area contributed by atoms with E-state index in [1.807, 2.05) is 0 Å². The fourth-order valence-corrected chi connectivity index (χ4v) is 7.84. The number of hydrogen-bond acceptors (Lipinski definition) is 8. The second kappa shape index (κ2) is 40.7. The number of isocyanates is 4. The molecule has 0 heterocycles. The van der Waals surface area contributed by atoms with Crippen molar-refractivity contribution in [3.63, 3.8) is 0 Å². The van der Waals surface area contributed by atoms with Crippen molar-refractivity contribution in [1.29, 1.82) is 10.8 Å². The SMILES string of the molecule is CCCCCCCC1C(CCCCC)CCC(CCCCCCCCCN=C=O)C1CCCCCCCCCN=C=O.N=C=O.N=C=O. The van der Waals surface area contributed by atoms with Gasteiger partial charge in [0.05, 0.1) is 13.1 Å². The van der Waals surface area contributed by atoms with Crippen LogP contribution in [0.15, 0.2) is 9.98 Å². The first-order valence-corrected chi connectivity index (χ1v) is 19.8. The molecule has 0 spiro atoms. The number of nitrogens with one attached hydrogen (secondary N) is 2. The molecule has 1 aliphatic carbocycles. The van der Waals surface area contributed by atoms with Crippen LogP contribution in [0.25, 0.3) is 0 Å². The van der Waals surface area contributed by atoms with Crippen LogP contribution in [0.4, 0.5) is 0 Å². The van der Waals surface area contributed by atoms with E-state index in [-0.39, 0.29) is 0 Å². The summed E-state index contributed by atoms with van der Waals surface area (Å²) in [7, 11) is 0. The molecule has 0 aliphatic heterocycles. The van der Waals surface area contributed by atoms with E-state index >= 15 is 0 Å². The second-order valence-electron chi connectivity index (χ2n) is 13.8. The van der Waals surface area contributed by atoms with Crippen LogP contribution in [0.3, 0.4) is 0 Å². The third kappa shape index (κ3) is 30.8. The van der Waals surface area contributed by atoms with Crippen molar-refractivity contribution in [3.05, 3.63) is 0 Å². The maximum Gasteiger partial charge on any atom is 0.234 e. The van der Waals surface area contributed by atoms with Gasteiger partial charge in [0.1, 0.15) is 0 Å². The fourth-order valence-electron chi connectivity index (χ4n) is 7.84. The maximum absolute atomic E-state index is 10.2. The summed E-state index contributed by atoms with van der Waals surface area (Å²) in [6, 6.07) is 0. The molecule has 276 valence electrons. The molecule has 48 heavy (non-hydrogen) atoms. The molecule has 0 radical (unpaired) electrons. The van der Waals surface area contributed by atoms with Crippen molar-refractivity contribution in [2.75, 3.05) is 13.1 Å². The highest BCUT2D eigenvalue weighted by molar-refractivity contribution is 5.32. The summed E-state index contributed by atoms with van der Waals surface area (Å²) >= 11 is 0. The number of unbranched alkanes of at least 4 members (excludes halogenated alkanes) is 18. The van der Waals surface area contributed by atoms with E-state index in [1.54, 1.807) is 12.2 Å². The second-order valence-corrected chi connectivity index (χ2v) is 13.8. The molecule has 0 bridgehead atoms. The number of aliphatic imine (C=N–C) groups is 2. The van der Waals surface area contributed by atoms with Crippen LogP contribution in [0.5, 0.6) is 0 Å². The third-order valence-corrected chi connectivity index (χ3v) is 10.3. The summed E-state index contributed by atoms with van der Waals surface area (Å²) in [5, 5.41) is 10.8. The molecule has 1 fully saturated rings. The van der Waals surface area contributed by atoms with E-state index in [9.17, 15) is 9.59 Å². The zero-order chi connectivity index (χ0) is 35.8. The minimum Gasteiger partial charge on any atom is -0.222 e. The number of carbonyl (C=O) groups excluding carboxylic acids is 4. The molecule has 1 saturated carbocycles. The summed E-state index contributed by atoms with van der Waals surface area (Å²) in [6.07, 6.45) is 43.2. The molecule has 2 N–H and O–H groups in total. The van der Waals surface area contributed by atoms with E-state index in [1.165, 1.54) is 167 Å². The quantitative estimate of drug-likeness (QED) is 0.0445. The zero-order valence-electron chi connectivity index (χ0n) is 31.1. The van der Waals surface area contributed by atoms with Gasteiger partial charge in [-0.15, -0.1) is 0 Å². The van der Waals surface area contributed by atoms with E-state index in [0.29, 0.717) is 13.1 Å². The lowest BCUT2D eigenvalue weighted by atomic mass is 9.61. The Labute approximate surface area is 294 Å². The van der Waals surface area contributed by atoms with E-state index < -0.39 is 0 Å². The topological polar surface area (TPSA) is 141 Å². The number of rotatable bonds is 30. The molecule has 0 saturated heterocycles. The normalized spacial score (nSPS) is 18.0. The summed E-state index contributed by atoms with van der Waals surface area (Å²) in [5.74, 6) is 3.90. The summed E-state index contributed by atoms with van der Waals surface area (Å²) in [6.45, 7) is 6.00. The van der Waals surface area contributed by atoms with Gasteiger partial charge in [-0.2, -0.15) is 0 Å². The van der Waals surface area contributed by atoms with Gasteiger partial charge in [0.2, 0.25) is 24.3 Å². The summed E-state index contributed by atoms with van der Waals surface area (Å²) < 4.78 is 0. The van der Waals surface area contributed by atoms with Gasteiger partial charge in [-0.05, 0) is 62.2 Å². The van der Waals surface area contributed by atoms with Crippen molar-refractivity contribution in [1.82, 2.24) is 0 Å². The van der Waals surface area contributed by atoms with Crippen LogP contribution in [0.1, 0.15) is 194 Å². The van der Waals surface area contributed by atoms with Gasteiger partial charge >= 0.3 is 0 Å². The highest BCUT2D eigenvalue weighted by Crippen LogP contribution is 2.47. The Morgan fingerprint density at radius 1 is 0.438 bits per heavy atom. The van der Waals surface area contributed by atoms with Crippen LogP contribution >= 0.6 is 0 Å². The minimum absolute atomic E-state index is 0.657. The average molecular weight is 673 g/mol. The molecular weight excluding hydrogens is 600 g/mol. The summed E-state index contributed by atoms with van der Waals surface area (Å²) in [4.78, 5) is 44.5. The van der Waals surface area contributed by atoms with Gasteiger partial charge < -0.3 is 0 Å². The van der Waals surface area contributed by atoms with Gasteiger partial charge in [-0.3, -0.25) is 0 Å². The van der Waals surface area contributed by atoms with Gasteiger partial charge in [-0.25, -0.2) is 40.0 Å². The highest BCUT2D eigenvalue weighted by atomic mass is 16.1. The van der Waals surface area contributed by atoms with Crippen LogP contribution in [0.2, 0.25) is 0 Å². The lowest BCUT2D eigenvalue weighted by molar-refractivity contribution is 0.0581. The Morgan fingerprint density at radius 2 is 0.708 bits per heavy atom. The van der Waals surface area contributed by atoms with Crippen molar-refractivity contribution in [3.8, 4) is 0 Å². The largest absolute Gasteiger partial charge is 0.234 e. The monoisotopic (exact) mass is 673 g/mol. The first kappa shape index (κ1) is 47.6. The predicted molar refractivity (Wildman–Crippen MR) is 197 cm³/mol. The lowest BCUT2D eigenvalue weighted by Gasteiger charge is -2.44. The van der Waals surface area contributed by atoms with Crippen LogP contribution in [-0.2, 0) is 19.2 Å². The first-order chi connectivity index (χ1) is 23.6. The molecule has 1 aliphatic rings. The molecule has 4 atom stereocenters. The van der Waals surface area contributed by atoms with Gasteiger partial charge in [-0.1, -0.05) is 155 Å². The third-order valence-electron chi connectivity index (χ3n) is 10.3. The van der Waals surface area contributed by atoms with Gasteiger partial charge in [0, 0.05) is 0 Å². The molecule has 0 aromatic heterocycles. The van der Waals surface area contributed by atoms with Crippen LogP contribution in [-0.4, -0.2) is 37.4 Å². The number of hydrogen-bond donors (Lipinski definition) is 2. The minimum atomic E-state index is 0.657. The van der Waals surface area contributed by atoms with Crippen LogP contribution < -0.4 is 0 Å². The maximum atomic E-state index is 10.2. The lowest BCUT2D eigenvalue weighted by Crippen LogP contribution is -2.35. The molecule has 1 rings (SSSR count). The first-order valence-electron chi connectivity index (χ1n) is 19.8. The van der Waals surface area contributed by atoms with Crippen molar-refractivity contribution in [2.45, 2.75) is 194 Å². The molecule has 8 nitrogen and oxygen atoms in total. The van der Waals surface area contributed by atoms with Crippen molar-refractivity contribution >= 4 is 24.3 Å². The van der Waals surface area contributed by atoms with E-state index in [4.69, 9.17) is 20.4 Å². The molecule has 4 unspecified atom stereocenters. The summed E-state index contributed by atoms with van der Waals surface area (Å²) in [5.41, 5.74) is 0. The zero-order valence-corrected chi connectivity index (χ0v) is 31.1. The standard InChI is InChI=1S/C38H70N2O2.2CHNO/c1-3-5-7-14-21-27-37-35(25-19-6-4-2)29-30-36(26-20-15-10-8-12-17-23-31-39-33-41)38(37)28-22-16-11-9-13-18-24-32-40-34-42;2*2-1-3/h35-38H,3-32H2,1-2H3;2*2H. The van der Waals surface area contributed by atoms with Gasteiger partial charge in [0.15, 0.2) is 0 Å². The Hall–Kier alpha value is -2.48. The van der Waals surface area contributed by atoms with Gasteiger partial charge in [0.25, 0.3) is 0 Å². The highest BCUT2D eigenvalue weighted by Gasteiger charge is 2.37. The van der Waals surface area contributed by atoms with Crippen molar-refractivity contribution < 1.29 is 19.2 Å². The van der Waals surface area contributed by atoms with Crippen molar-refractivity contribution in [2.24, 2.45) is 33.7 Å². The Kier molecular flexibility index (Phi) is 40.4. The van der Waals surface area contributed by atoms with E-state index in [0.717, 1.165) is 48.7 Å². The molecule has 0 amide bonds. The molecule has 0 aromatic carbocycles. The fraction of sp³-hybridized carbons (Fsp3) is 0.900. The Balaban J connectivity index is 0.